The normalized spacial score (nSPS) is 12.1. The van der Waals surface area contributed by atoms with E-state index in [0.29, 0.717) is 12.1 Å². The molecule has 5 nitrogen and oxygen atoms in total. The van der Waals surface area contributed by atoms with Crippen LogP contribution in [0.4, 0.5) is 5.69 Å². The highest BCUT2D eigenvalue weighted by molar-refractivity contribution is 5.96. The highest BCUT2D eigenvalue weighted by Gasteiger charge is 2.14. The van der Waals surface area contributed by atoms with Gasteiger partial charge in [0, 0.05) is 12.4 Å². The lowest BCUT2D eigenvalue weighted by Crippen LogP contribution is -2.35. The molecule has 0 spiro atoms. The second-order valence-corrected chi connectivity index (χ2v) is 4.35. The molecule has 0 saturated carbocycles. The summed E-state index contributed by atoms with van der Waals surface area (Å²) in [5, 5.41) is 7.03. The van der Waals surface area contributed by atoms with E-state index in [1.165, 1.54) is 0 Å². The van der Waals surface area contributed by atoms with Gasteiger partial charge in [-0.3, -0.25) is 4.79 Å². The van der Waals surface area contributed by atoms with Crippen LogP contribution in [0.15, 0.2) is 42.7 Å². The summed E-state index contributed by atoms with van der Waals surface area (Å²) in [5.41, 5.74) is 7.34. The molecule has 2 aromatic rings. The van der Waals surface area contributed by atoms with Crippen LogP contribution >= 0.6 is 0 Å². The second kappa shape index (κ2) is 6.15. The Kier molecular flexibility index (Phi) is 4.30. The molecule has 2 rings (SSSR count). The average Bonchev–Trinajstić information content (AvgIpc) is 2.93. The minimum absolute atomic E-state index is 0.165. The van der Waals surface area contributed by atoms with Crippen LogP contribution in [-0.2, 0) is 4.79 Å². The van der Waals surface area contributed by atoms with Gasteiger partial charge in [-0.1, -0.05) is 25.5 Å². The predicted octanol–water partition coefficient (Wildman–Crippen LogP) is 1.94. The molecule has 0 aliphatic carbocycles. The lowest BCUT2D eigenvalue weighted by Gasteiger charge is -2.14. The fourth-order valence-corrected chi connectivity index (χ4v) is 1.86. The van der Waals surface area contributed by atoms with Gasteiger partial charge >= 0.3 is 0 Å². The number of rotatable bonds is 5. The number of aromatic nitrogens is 2. The van der Waals surface area contributed by atoms with Crippen LogP contribution in [0.1, 0.15) is 19.8 Å². The van der Waals surface area contributed by atoms with Gasteiger partial charge in [0.25, 0.3) is 0 Å². The lowest BCUT2D eigenvalue weighted by molar-refractivity contribution is -0.117. The maximum atomic E-state index is 12.0. The number of amides is 1. The number of nitrogens with zero attached hydrogens (tertiary/aromatic N) is 2. The molecule has 1 atom stereocenters. The van der Waals surface area contributed by atoms with Gasteiger partial charge in [-0.25, -0.2) is 4.68 Å². The zero-order chi connectivity index (χ0) is 13.7. The molecule has 1 heterocycles. The highest BCUT2D eigenvalue weighted by atomic mass is 16.2. The maximum Gasteiger partial charge on any atom is 0.241 e. The van der Waals surface area contributed by atoms with Crippen LogP contribution in [0.3, 0.4) is 0 Å². The third kappa shape index (κ3) is 3.20. The second-order valence-electron chi connectivity index (χ2n) is 4.35. The van der Waals surface area contributed by atoms with E-state index in [1.807, 2.05) is 43.5 Å². The molecule has 1 amide bonds. The van der Waals surface area contributed by atoms with Crippen LogP contribution in [-0.4, -0.2) is 21.7 Å². The van der Waals surface area contributed by atoms with Crippen molar-refractivity contribution >= 4 is 11.6 Å². The van der Waals surface area contributed by atoms with Gasteiger partial charge < -0.3 is 11.1 Å². The number of anilines is 1. The SMILES string of the molecule is CCCC(N)C(=O)Nc1ccccc1-n1cccn1. The van der Waals surface area contributed by atoms with Crippen molar-refractivity contribution in [1.29, 1.82) is 0 Å². The number of nitrogens with one attached hydrogen (secondary N) is 1. The summed E-state index contributed by atoms with van der Waals surface area (Å²) in [6.07, 6.45) is 5.09. The fraction of sp³-hybridized carbons (Fsp3) is 0.286. The van der Waals surface area contributed by atoms with E-state index in [9.17, 15) is 4.79 Å². The summed E-state index contributed by atoms with van der Waals surface area (Å²) in [4.78, 5) is 12.0. The summed E-state index contributed by atoms with van der Waals surface area (Å²) in [6.45, 7) is 2.00. The molecule has 3 N–H and O–H groups in total. The molecule has 19 heavy (non-hydrogen) atoms. The number of nitrogens with two attached hydrogens (primary N) is 1. The van der Waals surface area contributed by atoms with Crippen molar-refractivity contribution in [2.45, 2.75) is 25.8 Å². The molecule has 1 unspecified atom stereocenters. The lowest BCUT2D eigenvalue weighted by atomic mass is 10.1. The smallest absolute Gasteiger partial charge is 0.241 e. The molecule has 0 bridgehead atoms. The molecule has 1 aromatic carbocycles. The van der Waals surface area contributed by atoms with Crippen LogP contribution in [0, 0.1) is 0 Å². The van der Waals surface area contributed by atoms with Crippen LogP contribution in [0.25, 0.3) is 5.69 Å². The van der Waals surface area contributed by atoms with Crippen molar-refractivity contribution in [3.05, 3.63) is 42.7 Å². The van der Waals surface area contributed by atoms with Crippen LogP contribution in [0.2, 0.25) is 0 Å². The monoisotopic (exact) mass is 258 g/mol. The van der Waals surface area contributed by atoms with E-state index in [2.05, 4.69) is 10.4 Å². The van der Waals surface area contributed by atoms with Crippen molar-refractivity contribution in [2.75, 3.05) is 5.32 Å². The Morgan fingerprint density at radius 3 is 2.89 bits per heavy atom. The fourth-order valence-electron chi connectivity index (χ4n) is 1.86. The summed E-state index contributed by atoms with van der Waals surface area (Å²) in [5.74, 6) is -0.165. The van der Waals surface area contributed by atoms with Gasteiger partial charge in [0.15, 0.2) is 0 Å². The standard InChI is InChI=1S/C14H18N4O/c1-2-6-11(15)14(19)17-12-7-3-4-8-13(12)18-10-5-9-16-18/h3-5,7-11H,2,6,15H2,1H3,(H,17,19). The molecule has 0 aliphatic rings. The van der Waals surface area contributed by atoms with Crippen molar-refractivity contribution < 1.29 is 4.79 Å². The van der Waals surface area contributed by atoms with E-state index in [-0.39, 0.29) is 5.91 Å². The van der Waals surface area contributed by atoms with Gasteiger partial charge in [0.1, 0.15) is 0 Å². The predicted molar refractivity (Wildman–Crippen MR) is 75.1 cm³/mol. The summed E-state index contributed by atoms with van der Waals surface area (Å²) in [6, 6.07) is 8.87. The number of hydrogen-bond donors (Lipinski definition) is 2. The number of benzene rings is 1. The molecule has 0 aliphatic heterocycles. The summed E-state index contributed by atoms with van der Waals surface area (Å²) in [7, 11) is 0. The molecular weight excluding hydrogens is 240 g/mol. The minimum Gasteiger partial charge on any atom is -0.323 e. The van der Waals surface area contributed by atoms with Gasteiger partial charge in [0.2, 0.25) is 5.91 Å². The Labute approximate surface area is 112 Å². The van der Waals surface area contributed by atoms with Crippen LogP contribution in [0.5, 0.6) is 0 Å². The van der Waals surface area contributed by atoms with Crippen molar-refractivity contribution in [3.63, 3.8) is 0 Å². The summed E-state index contributed by atoms with van der Waals surface area (Å²) < 4.78 is 1.71. The first-order valence-electron chi connectivity index (χ1n) is 6.38. The Morgan fingerprint density at radius 1 is 1.42 bits per heavy atom. The van der Waals surface area contributed by atoms with E-state index in [4.69, 9.17) is 5.73 Å². The van der Waals surface area contributed by atoms with Gasteiger partial charge in [-0.15, -0.1) is 0 Å². The van der Waals surface area contributed by atoms with Crippen molar-refractivity contribution in [3.8, 4) is 5.69 Å². The zero-order valence-corrected chi connectivity index (χ0v) is 10.9. The molecule has 1 aromatic heterocycles. The first-order chi connectivity index (χ1) is 9.22. The summed E-state index contributed by atoms with van der Waals surface area (Å²) >= 11 is 0. The quantitative estimate of drug-likeness (QED) is 0.860. The average molecular weight is 258 g/mol. The molecule has 0 saturated heterocycles. The molecule has 0 fully saturated rings. The molecular formula is C14H18N4O. The Balaban J connectivity index is 2.19. The first-order valence-corrected chi connectivity index (χ1v) is 6.38. The van der Waals surface area contributed by atoms with Crippen molar-refractivity contribution in [1.82, 2.24) is 9.78 Å². The Hall–Kier alpha value is -2.14. The Morgan fingerprint density at radius 2 is 2.21 bits per heavy atom. The van der Waals surface area contributed by atoms with E-state index < -0.39 is 6.04 Å². The van der Waals surface area contributed by atoms with E-state index in [0.717, 1.165) is 12.1 Å². The number of hydrogen-bond acceptors (Lipinski definition) is 3. The number of carbonyl (C=O) groups excluding carboxylic acids is 1. The Bertz CT molecular complexity index is 536. The largest absolute Gasteiger partial charge is 0.323 e. The zero-order valence-electron chi connectivity index (χ0n) is 10.9. The van der Waals surface area contributed by atoms with Gasteiger partial charge in [-0.05, 0) is 24.6 Å². The number of para-hydroxylation sites is 2. The van der Waals surface area contributed by atoms with Gasteiger partial charge in [-0.2, -0.15) is 5.10 Å². The number of carbonyl (C=O) groups is 1. The third-order valence-corrected chi connectivity index (χ3v) is 2.85. The molecule has 100 valence electrons. The molecule has 5 heteroatoms. The minimum atomic E-state index is -0.476. The first kappa shape index (κ1) is 13.3. The molecule has 0 radical (unpaired) electrons. The van der Waals surface area contributed by atoms with Crippen molar-refractivity contribution in [2.24, 2.45) is 5.73 Å². The maximum absolute atomic E-state index is 12.0. The van der Waals surface area contributed by atoms with Crippen LogP contribution < -0.4 is 11.1 Å². The topological polar surface area (TPSA) is 72.9 Å². The van der Waals surface area contributed by atoms with E-state index >= 15 is 0 Å². The third-order valence-electron chi connectivity index (χ3n) is 2.85. The van der Waals surface area contributed by atoms with Gasteiger partial charge in [0.05, 0.1) is 17.4 Å². The van der Waals surface area contributed by atoms with E-state index in [1.54, 1.807) is 10.9 Å². The highest BCUT2D eigenvalue weighted by Crippen LogP contribution is 2.19.